The van der Waals surface area contributed by atoms with Crippen LogP contribution in [0.15, 0.2) is 66.2 Å². The number of hydrogen-bond donors (Lipinski definition) is 0. The van der Waals surface area contributed by atoms with E-state index in [-0.39, 0.29) is 0 Å². The maximum absolute atomic E-state index is 13.2. The molecule has 0 aliphatic carbocycles. The van der Waals surface area contributed by atoms with Crippen LogP contribution in [-0.2, 0) is 12.3 Å². The lowest BCUT2D eigenvalue weighted by molar-refractivity contribution is -0.141. The Morgan fingerprint density at radius 3 is 2.57 bits per heavy atom. The Morgan fingerprint density at radius 2 is 1.86 bits per heavy atom. The molecule has 0 saturated carbocycles. The van der Waals surface area contributed by atoms with Gasteiger partial charge in [-0.2, -0.15) is 13.2 Å². The number of benzene rings is 1. The fourth-order valence-electron chi connectivity index (χ4n) is 3.06. The molecule has 0 fully saturated rings. The summed E-state index contributed by atoms with van der Waals surface area (Å²) < 4.78 is 42.6. The van der Waals surface area contributed by atoms with E-state index < -0.39 is 12.7 Å². The molecule has 4 nitrogen and oxygen atoms in total. The quantitative estimate of drug-likeness (QED) is 0.422. The lowest BCUT2D eigenvalue weighted by Gasteiger charge is -2.14. The summed E-state index contributed by atoms with van der Waals surface area (Å²) in [4.78, 5) is 8.83. The largest absolute Gasteiger partial charge is 0.406 e. The molecule has 8 heteroatoms. The zero-order valence-electron chi connectivity index (χ0n) is 15.0. The van der Waals surface area contributed by atoms with Crippen LogP contribution in [-0.4, -0.2) is 25.1 Å². The second-order valence-electron chi connectivity index (χ2n) is 6.44. The monoisotopic (exact) mass is 402 g/mol. The van der Waals surface area contributed by atoms with Gasteiger partial charge in [0.1, 0.15) is 12.2 Å². The van der Waals surface area contributed by atoms with Gasteiger partial charge >= 0.3 is 6.18 Å². The molecule has 0 radical (unpaired) electrons. The van der Waals surface area contributed by atoms with Crippen LogP contribution in [0.4, 0.5) is 13.2 Å². The minimum atomic E-state index is -4.33. The highest BCUT2D eigenvalue weighted by molar-refractivity contribution is 7.98. The smallest absolute Gasteiger partial charge is 0.310 e. The average Bonchev–Trinajstić information content (AvgIpc) is 3.24. The topological polar surface area (TPSA) is 35.1 Å². The van der Waals surface area contributed by atoms with E-state index >= 15 is 0 Å². The van der Waals surface area contributed by atoms with Crippen molar-refractivity contribution in [1.82, 2.24) is 18.9 Å². The number of pyridine rings is 1. The molecule has 0 saturated heterocycles. The molecular formula is C20H17F3N4S. The number of alkyl halides is 3. The van der Waals surface area contributed by atoms with E-state index in [9.17, 15) is 13.2 Å². The van der Waals surface area contributed by atoms with Crippen LogP contribution in [0.2, 0.25) is 0 Å². The first-order chi connectivity index (χ1) is 13.4. The predicted octanol–water partition coefficient (Wildman–Crippen LogP) is 5.36. The molecule has 4 aromatic rings. The Balaban J connectivity index is 1.63. The van der Waals surface area contributed by atoms with Gasteiger partial charge in [-0.15, -0.1) is 0 Å². The Hall–Kier alpha value is -2.74. The second-order valence-corrected chi connectivity index (χ2v) is 7.38. The van der Waals surface area contributed by atoms with Crippen LogP contribution in [0.5, 0.6) is 0 Å². The van der Waals surface area contributed by atoms with E-state index in [1.807, 2.05) is 41.9 Å². The molecule has 0 aliphatic rings. The van der Waals surface area contributed by atoms with E-state index in [0.717, 1.165) is 16.9 Å². The number of halogens is 3. The highest BCUT2D eigenvalue weighted by atomic mass is 32.2. The molecule has 0 spiro atoms. The zero-order valence-corrected chi connectivity index (χ0v) is 15.8. The highest BCUT2D eigenvalue weighted by Crippen LogP contribution is 2.31. The van der Waals surface area contributed by atoms with Gasteiger partial charge in [-0.1, -0.05) is 48.2 Å². The number of rotatable bonds is 5. The van der Waals surface area contributed by atoms with Gasteiger partial charge in [0.25, 0.3) is 0 Å². The highest BCUT2D eigenvalue weighted by Gasteiger charge is 2.30. The zero-order chi connectivity index (χ0) is 19.7. The summed E-state index contributed by atoms with van der Waals surface area (Å²) in [5.41, 5.74) is 3.84. The van der Waals surface area contributed by atoms with Crippen molar-refractivity contribution in [3.05, 3.63) is 72.3 Å². The molecule has 28 heavy (non-hydrogen) atoms. The molecule has 0 atom stereocenters. The number of aryl methyl sites for hydroxylation is 1. The van der Waals surface area contributed by atoms with Crippen LogP contribution in [0.3, 0.4) is 0 Å². The Morgan fingerprint density at radius 1 is 1.07 bits per heavy atom. The summed E-state index contributed by atoms with van der Waals surface area (Å²) in [6.07, 6.45) is 0.961. The SMILES string of the molecule is Cc1cccn2cc(CSc3ncc(-c4ccccc4)n3CC(F)(F)F)nc12. The summed E-state index contributed by atoms with van der Waals surface area (Å²) in [5, 5.41) is 0.324. The van der Waals surface area contributed by atoms with Gasteiger partial charge < -0.3 is 8.97 Å². The van der Waals surface area contributed by atoms with Gasteiger partial charge in [0.15, 0.2) is 5.16 Å². The predicted molar refractivity (Wildman–Crippen MR) is 103 cm³/mol. The van der Waals surface area contributed by atoms with Crippen molar-refractivity contribution >= 4 is 17.4 Å². The van der Waals surface area contributed by atoms with Crippen molar-refractivity contribution in [1.29, 1.82) is 0 Å². The van der Waals surface area contributed by atoms with Crippen molar-refractivity contribution in [2.75, 3.05) is 0 Å². The molecule has 0 unspecified atom stereocenters. The van der Waals surface area contributed by atoms with E-state index in [1.54, 1.807) is 24.3 Å². The van der Waals surface area contributed by atoms with Crippen molar-refractivity contribution in [2.45, 2.75) is 30.6 Å². The third-order valence-corrected chi connectivity index (χ3v) is 5.33. The first kappa shape index (κ1) is 18.6. The molecule has 0 aliphatic heterocycles. The van der Waals surface area contributed by atoms with Gasteiger partial charge in [-0.05, 0) is 24.1 Å². The van der Waals surface area contributed by atoms with Crippen molar-refractivity contribution in [2.24, 2.45) is 0 Å². The van der Waals surface area contributed by atoms with Crippen LogP contribution < -0.4 is 0 Å². The standard InChI is InChI=1S/C20H17F3N4S/c1-14-6-5-9-26-11-16(25-18(14)26)12-28-19-24-10-17(15-7-3-2-4-8-15)27(19)13-20(21,22)23/h2-11H,12-13H2,1H3. The number of thioether (sulfide) groups is 1. The first-order valence-corrected chi connectivity index (χ1v) is 9.63. The van der Waals surface area contributed by atoms with Crippen LogP contribution in [0, 0.1) is 6.92 Å². The van der Waals surface area contributed by atoms with E-state index in [1.165, 1.54) is 22.5 Å². The average molecular weight is 402 g/mol. The summed E-state index contributed by atoms with van der Waals surface area (Å²) in [5.74, 6) is 0.435. The molecule has 4 rings (SSSR count). The summed E-state index contributed by atoms with van der Waals surface area (Å²) in [6, 6.07) is 12.9. The van der Waals surface area contributed by atoms with E-state index in [0.29, 0.717) is 22.2 Å². The molecule has 144 valence electrons. The number of nitrogens with zero attached hydrogens (tertiary/aromatic N) is 4. The van der Waals surface area contributed by atoms with Gasteiger partial charge in [-0.25, -0.2) is 9.97 Å². The molecule has 0 bridgehead atoms. The minimum Gasteiger partial charge on any atom is -0.310 e. The minimum absolute atomic E-state index is 0.324. The maximum atomic E-state index is 13.2. The number of fused-ring (bicyclic) bond motifs is 1. The molecular weight excluding hydrogens is 385 g/mol. The summed E-state index contributed by atoms with van der Waals surface area (Å²) >= 11 is 1.25. The lowest BCUT2D eigenvalue weighted by atomic mass is 10.2. The van der Waals surface area contributed by atoms with Crippen molar-refractivity contribution in [3.8, 4) is 11.3 Å². The molecule has 3 heterocycles. The van der Waals surface area contributed by atoms with Crippen molar-refractivity contribution < 1.29 is 13.2 Å². The Kier molecular flexibility index (Phi) is 4.89. The Labute approximate surface area is 164 Å². The maximum Gasteiger partial charge on any atom is 0.406 e. The van der Waals surface area contributed by atoms with E-state index in [2.05, 4.69) is 9.97 Å². The van der Waals surface area contributed by atoms with Gasteiger partial charge in [0.2, 0.25) is 0 Å². The second kappa shape index (κ2) is 7.35. The lowest BCUT2D eigenvalue weighted by Crippen LogP contribution is -2.19. The molecule has 1 aromatic carbocycles. The van der Waals surface area contributed by atoms with Gasteiger partial charge in [-0.3, -0.25) is 0 Å². The normalized spacial score (nSPS) is 12.0. The van der Waals surface area contributed by atoms with Crippen LogP contribution >= 0.6 is 11.8 Å². The third-order valence-electron chi connectivity index (χ3n) is 4.30. The van der Waals surface area contributed by atoms with Crippen LogP contribution in [0.1, 0.15) is 11.3 Å². The first-order valence-electron chi connectivity index (χ1n) is 8.64. The number of imidazole rings is 2. The van der Waals surface area contributed by atoms with Gasteiger partial charge in [0, 0.05) is 18.1 Å². The Bertz CT molecular complexity index is 1100. The number of hydrogen-bond acceptors (Lipinski definition) is 3. The summed E-state index contributed by atoms with van der Waals surface area (Å²) in [7, 11) is 0. The van der Waals surface area contributed by atoms with E-state index in [4.69, 9.17) is 0 Å². The number of aromatic nitrogens is 4. The third kappa shape index (κ3) is 3.91. The summed E-state index contributed by atoms with van der Waals surface area (Å²) in [6.45, 7) is 0.894. The van der Waals surface area contributed by atoms with Crippen molar-refractivity contribution in [3.63, 3.8) is 0 Å². The molecule has 3 aromatic heterocycles. The van der Waals surface area contributed by atoms with Gasteiger partial charge in [0.05, 0.1) is 17.6 Å². The fourth-order valence-corrected chi connectivity index (χ4v) is 3.92. The molecule has 0 N–H and O–H groups in total. The fraction of sp³-hybridized carbons (Fsp3) is 0.200. The molecule has 0 amide bonds. The van der Waals surface area contributed by atoms with Crippen LogP contribution in [0.25, 0.3) is 16.9 Å².